The molecule has 0 amide bonds. The maximum atomic E-state index is 5.54. The van der Waals surface area contributed by atoms with Gasteiger partial charge in [0.1, 0.15) is 0 Å². The van der Waals surface area contributed by atoms with E-state index in [9.17, 15) is 0 Å². The van der Waals surface area contributed by atoms with Crippen LogP contribution < -0.4 is 5.32 Å². The molecule has 16 heavy (non-hydrogen) atoms. The largest absolute Gasteiger partial charge is 0.376 e. The predicted molar refractivity (Wildman–Crippen MR) is 64.7 cm³/mol. The van der Waals surface area contributed by atoms with Gasteiger partial charge in [-0.25, -0.2) is 4.98 Å². The molecule has 4 heteroatoms. The van der Waals surface area contributed by atoms with Crippen LogP contribution in [0.4, 0.5) is 5.95 Å². The molecule has 0 aliphatic carbocycles. The van der Waals surface area contributed by atoms with Crippen LogP contribution >= 0.6 is 0 Å². The summed E-state index contributed by atoms with van der Waals surface area (Å²) >= 11 is 0. The predicted octanol–water partition coefficient (Wildman–Crippen LogP) is 2.19. The zero-order valence-corrected chi connectivity index (χ0v) is 10.4. The van der Waals surface area contributed by atoms with E-state index in [1.165, 1.54) is 0 Å². The van der Waals surface area contributed by atoms with Gasteiger partial charge in [-0.15, -0.1) is 0 Å². The van der Waals surface area contributed by atoms with Gasteiger partial charge >= 0.3 is 0 Å². The summed E-state index contributed by atoms with van der Waals surface area (Å²) in [4.78, 5) is 4.52. The second kappa shape index (κ2) is 4.87. The lowest BCUT2D eigenvalue weighted by Gasteiger charge is -2.17. The summed E-state index contributed by atoms with van der Waals surface area (Å²) in [5.41, 5.74) is 1.07. The summed E-state index contributed by atoms with van der Waals surface area (Å²) in [5.74, 6) is 0.988. The number of rotatable bonds is 4. The Kier molecular flexibility index (Phi) is 3.49. The molecule has 1 aromatic rings. The number of hydrogen-bond acceptors (Lipinski definition) is 3. The molecule has 90 valence electrons. The standard InChI is InChI=1S/C12H21N3O/c1-4-6-15-8-9(2)13-12(15)14-11-5-7-16-10(11)3/h8,10-11H,4-7H2,1-3H3,(H,13,14). The number of nitrogens with zero attached hydrogens (tertiary/aromatic N) is 2. The van der Waals surface area contributed by atoms with Crippen molar-refractivity contribution in [2.45, 2.75) is 52.3 Å². The smallest absolute Gasteiger partial charge is 0.203 e. The molecular formula is C12H21N3O. The number of aromatic nitrogens is 2. The molecule has 2 rings (SSSR count). The Morgan fingerprint density at radius 1 is 1.62 bits per heavy atom. The third-order valence-corrected chi connectivity index (χ3v) is 3.05. The highest BCUT2D eigenvalue weighted by Gasteiger charge is 2.25. The fourth-order valence-corrected chi connectivity index (χ4v) is 2.16. The van der Waals surface area contributed by atoms with Gasteiger partial charge < -0.3 is 14.6 Å². The second-order valence-corrected chi connectivity index (χ2v) is 4.51. The molecule has 1 aliphatic heterocycles. The maximum Gasteiger partial charge on any atom is 0.203 e. The first kappa shape index (κ1) is 11.5. The van der Waals surface area contributed by atoms with Crippen LogP contribution in [0.25, 0.3) is 0 Å². The topological polar surface area (TPSA) is 39.1 Å². The summed E-state index contributed by atoms with van der Waals surface area (Å²) in [6.07, 6.45) is 4.58. The Hall–Kier alpha value is -1.03. The highest BCUT2D eigenvalue weighted by Crippen LogP contribution is 2.18. The van der Waals surface area contributed by atoms with Gasteiger partial charge in [-0.1, -0.05) is 6.92 Å². The summed E-state index contributed by atoms with van der Waals surface area (Å²) < 4.78 is 7.74. The maximum absolute atomic E-state index is 5.54. The number of ether oxygens (including phenoxy) is 1. The van der Waals surface area contributed by atoms with E-state index in [1.54, 1.807) is 0 Å². The van der Waals surface area contributed by atoms with E-state index in [0.29, 0.717) is 6.04 Å². The summed E-state index contributed by atoms with van der Waals surface area (Å²) in [6.45, 7) is 8.20. The molecule has 1 saturated heterocycles. The fraction of sp³-hybridized carbons (Fsp3) is 0.750. The van der Waals surface area contributed by atoms with E-state index >= 15 is 0 Å². The molecule has 0 spiro atoms. The lowest BCUT2D eigenvalue weighted by atomic mass is 10.2. The van der Waals surface area contributed by atoms with Crippen molar-refractivity contribution in [2.24, 2.45) is 0 Å². The number of anilines is 1. The Labute approximate surface area is 97.0 Å². The van der Waals surface area contributed by atoms with Gasteiger partial charge in [-0.3, -0.25) is 0 Å². The molecule has 0 aromatic carbocycles. The van der Waals surface area contributed by atoms with Crippen molar-refractivity contribution in [3.8, 4) is 0 Å². The van der Waals surface area contributed by atoms with Crippen LogP contribution in [0, 0.1) is 6.92 Å². The van der Waals surface area contributed by atoms with Crippen LogP contribution in [0.5, 0.6) is 0 Å². The van der Waals surface area contributed by atoms with Crippen LogP contribution in [-0.4, -0.2) is 28.3 Å². The molecule has 0 saturated carbocycles. The van der Waals surface area contributed by atoms with Gasteiger partial charge in [0.05, 0.1) is 17.8 Å². The Morgan fingerprint density at radius 3 is 3.06 bits per heavy atom. The molecule has 1 aromatic heterocycles. The summed E-state index contributed by atoms with van der Waals surface area (Å²) in [7, 11) is 0. The van der Waals surface area contributed by atoms with Crippen molar-refractivity contribution >= 4 is 5.95 Å². The third kappa shape index (κ3) is 2.38. The molecule has 4 nitrogen and oxygen atoms in total. The lowest BCUT2D eigenvalue weighted by molar-refractivity contribution is 0.121. The molecule has 0 bridgehead atoms. The normalized spacial score (nSPS) is 24.9. The minimum Gasteiger partial charge on any atom is -0.376 e. The average Bonchev–Trinajstić information content (AvgIpc) is 2.77. The Morgan fingerprint density at radius 2 is 2.44 bits per heavy atom. The quantitative estimate of drug-likeness (QED) is 0.850. The van der Waals surface area contributed by atoms with Crippen LogP contribution in [0.15, 0.2) is 6.20 Å². The van der Waals surface area contributed by atoms with Crippen molar-refractivity contribution in [3.05, 3.63) is 11.9 Å². The minimum atomic E-state index is 0.284. The molecule has 2 atom stereocenters. The van der Waals surface area contributed by atoms with Gasteiger partial charge in [0.25, 0.3) is 0 Å². The summed E-state index contributed by atoms with van der Waals surface area (Å²) in [5, 5.41) is 3.49. The van der Waals surface area contributed by atoms with E-state index in [2.05, 4.69) is 34.9 Å². The van der Waals surface area contributed by atoms with E-state index in [4.69, 9.17) is 4.74 Å². The molecule has 2 heterocycles. The van der Waals surface area contributed by atoms with Crippen LogP contribution in [0.2, 0.25) is 0 Å². The van der Waals surface area contributed by atoms with Crippen LogP contribution in [0.3, 0.4) is 0 Å². The Bertz CT molecular complexity index is 348. The van der Waals surface area contributed by atoms with E-state index < -0.39 is 0 Å². The molecular weight excluding hydrogens is 202 g/mol. The second-order valence-electron chi connectivity index (χ2n) is 4.51. The van der Waals surface area contributed by atoms with Gasteiger partial charge in [-0.05, 0) is 26.7 Å². The number of imidazole rings is 1. The SMILES string of the molecule is CCCn1cc(C)nc1NC1CCOC1C. The zero-order valence-electron chi connectivity index (χ0n) is 10.4. The minimum absolute atomic E-state index is 0.284. The van der Waals surface area contributed by atoms with Crippen LogP contribution in [-0.2, 0) is 11.3 Å². The zero-order chi connectivity index (χ0) is 11.5. The van der Waals surface area contributed by atoms with Gasteiger partial charge in [0.2, 0.25) is 5.95 Å². The molecule has 1 fully saturated rings. The van der Waals surface area contributed by atoms with Crippen molar-refractivity contribution in [3.63, 3.8) is 0 Å². The van der Waals surface area contributed by atoms with Crippen LogP contribution in [0.1, 0.15) is 32.4 Å². The lowest BCUT2D eigenvalue weighted by Crippen LogP contribution is -2.28. The molecule has 1 N–H and O–H groups in total. The van der Waals surface area contributed by atoms with E-state index in [0.717, 1.165) is 37.6 Å². The van der Waals surface area contributed by atoms with E-state index in [1.807, 2.05) is 6.92 Å². The van der Waals surface area contributed by atoms with Crippen molar-refractivity contribution < 1.29 is 4.74 Å². The third-order valence-electron chi connectivity index (χ3n) is 3.05. The van der Waals surface area contributed by atoms with Gasteiger partial charge in [0.15, 0.2) is 0 Å². The molecule has 2 unspecified atom stereocenters. The highest BCUT2D eigenvalue weighted by molar-refractivity contribution is 5.31. The van der Waals surface area contributed by atoms with Gasteiger partial charge in [-0.2, -0.15) is 0 Å². The molecule has 0 radical (unpaired) electrons. The first-order valence-electron chi connectivity index (χ1n) is 6.12. The van der Waals surface area contributed by atoms with Gasteiger partial charge in [0, 0.05) is 19.3 Å². The van der Waals surface area contributed by atoms with Crippen molar-refractivity contribution in [1.29, 1.82) is 0 Å². The van der Waals surface area contributed by atoms with E-state index in [-0.39, 0.29) is 6.10 Å². The fourth-order valence-electron chi connectivity index (χ4n) is 2.16. The highest BCUT2D eigenvalue weighted by atomic mass is 16.5. The Balaban J connectivity index is 2.07. The first-order chi connectivity index (χ1) is 7.70. The first-order valence-corrected chi connectivity index (χ1v) is 6.12. The summed E-state index contributed by atoms with van der Waals surface area (Å²) in [6, 6.07) is 0.400. The number of hydrogen-bond donors (Lipinski definition) is 1. The van der Waals surface area contributed by atoms with Crippen molar-refractivity contribution in [1.82, 2.24) is 9.55 Å². The molecule has 1 aliphatic rings. The number of nitrogens with one attached hydrogen (secondary N) is 1. The average molecular weight is 223 g/mol. The number of aryl methyl sites for hydroxylation is 2. The van der Waals surface area contributed by atoms with Crippen molar-refractivity contribution in [2.75, 3.05) is 11.9 Å². The monoisotopic (exact) mass is 223 g/mol.